The Morgan fingerprint density at radius 3 is 2.62 bits per heavy atom. The lowest BCUT2D eigenvalue weighted by Crippen LogP contribution is -2.38. The van der Waals surface area contributed by atoms with Crippen molar-refractivity contribution < 1.29 is 13.2 Å². The maximum atomic E-state index is 12.6. The highest BCUT2D eigenvalue weighted by molar-refractivity contribution is 5.35. The first-order chi connectivity index (χ1) is 9.99. The first-order valence-corrected chi connectivity index (χ1v) is 7.48. The summed E-state index contributed by atoms with van der Waals surface area (Å²) >= 11 is 0. The molecule has 1 aromatic heterocycles. The molecular formula is C15H22F3N3. The van der Waals surface area contributed by atoms with Crippen molar-refractivity contribution >= 4 is 5.82 Å². The van der Waals surface area contributed by atoms with Gasteiger partial charge >= 0.3 is 6.18 Å². The van der Waals surface area contributed by atoms with Crippen molar-refractivity contribution in [3.05, 3.63) is 23.9 Å². The molecule has 1 fully saturated rings. The van der Waals surface area contributed by atoms with Crippen molar-refractivity contribution in [3.8, 4) is 0 Å². The molecule has 2 heterocycles. The van der Waals surface area contributed by atoms with Crippen LogP contribution in [0, 0.1) is 5.92 Å². The Balaban J connectivity index is 1.86. The summed E-state index contributed by atoms with van der Waals surface area (Å²) in [6, 6.07) is 5.77. The van der Waals surface area contributed by atoms with E-state index in [1.807, 2.05) is 23.1 Å². The molecule has 2 rings (SSSR count). The van der Waals surface area contributed by atoms with Gasteiger partial charge in [-0.2, -0.15) is 13.2 Å². The van der Waals surface area contributed by atoms with Gasteiger partial charge in [-0.05, 0) is 44.5 Å². The number of nitrogens with zero attached hydrogens (tertiary/aromatic N) is 2. The van der Waals surface area contributed by atoms with E-state index in [9.17, 15) is 13.2 Å². The topological polar surface area (TPSA) is 28.2 Å². The highest BCUT2D eigenvalue weighted by atomic mass is 19.4. The van der Waals surface area contributed by atoms with E-state index in [2.05, 4.69) is 17.2 Å². The lowest BCUT2D eigenvalue weighted by atomic mass is 9.96. The highest BCUT2D eigenvalue weighted by Gasteiger charge is 2.40. The number of pyridine rings is 1. The van der Waals surface area contributed by atoms with Crippen LogP contribution in [0.3, 0.4) is 0 Å². The minimum atomic E-state index is -4.05. The fraction of sp³-hybridized carbons (Fsp3) is 0.667. The van der Waals surface area contributed by atoms with Crippen molar-refractivity contribution in [2.75, 3.05) is 25.0 Å². The molecule has 3 nitrogen and oxygen atoms in total. The number of piperidine rings is 1. The Labute approximate surface area is 123 Å². The van der Waals surface area contributed by atoms with Crippen LogP contribution in [-0.2, 0) is 6.54 Å². The molecule has 0 bridgehead atoms. The van der Waals surface area contributed by atoms with Gasteiger partial charge in [-0.1, -0.05) is 13.0 Å². The van der Waals surface area contributed by atoms with Crippen LogP contribution in [0.25, 0.3) is 0 Å². The summed E-state index contributed by atoms with van der Waals surface area (Å²) in [6.45, 7) is 4.54. The predicted molar refractivity (Wildman–Crippen MR) is 77.1 cm³/mol. The second kappa shape index (κ2) is 7.11. The number of aromatic nitrogens is 1. The van der Waals surface area contributed by atoms with Crippen LogP contribution in [0.1, 0.15) is 31.9 Å². The Kier molecular flexibility index (Phi) is 5.45. The third kappa shape index (κ3) is 4.88. The van der Waals surface area contributed by atoms with E-state index in [1.54, 1.807) is 0 Å². The van der Waals surface area contributed by atoms with Crippen LogP contribution < -0.4 is 5.32 Å². The summed E-state index contributed by atoms with van der Waals surface area (Å²) in [4.78, 5) is 6.55. The average Bonchev–Trinajstić information content (AvgIpc) is 2.45. The van der Waals surface area contributed by atoms with E-state index in [-0.39, 0.29) is 12.8 Å². The largest absolute Gasteiger partial charge is 0.391 e. The second-order valence-corrected chi connectivity index (χ2v) is 5.53. The zero-order valence-electron chi connectivity index (χ0n) is 12.3. The number of nitrogens with one attached hydrogen (secondary N) is 1. The highest BCUT2D eigenvalue weighted by Crippen LogP contribution is 2.34. The first-order valence-electron chi connectivity index (χ1n) is 7.48. The van der Waals surface area contributed by atoms with Crippen LogP contribution in [0.5, 0.6) is 0 Å². The minimum absolute atomic E-state index is 0.192. The van der Waals surface area contributed by atoms with Crippen molar-refractivity contribution in [2.45, 2.75) is 38.9 Å². The molecule has 0 radical (unpaired) electrons. The Bertz CT molecular complexity index is 440. The third-order valence-electron chi connectivity index (χ3n) is 3.80. The molecule has 21 heavy (non-hydrogen) atoms. The molecule has 0 saturated carbocycles. The van der Waals surface area contributed by atoms with E-state index in [4.69, 9.17) is 0 Å². The van der Waals surface area contributed by atoms with Crippen LogP contribution in [-0.4, -0.2) is 35.7 Å². The van der Waals surface area contributed by atoms with Crippen LogP contribution in [0.4, 0.5) is 19.0 Å². The summed E-state index contributed by atoms with van der Waals surface area (Å²) in [5.74, 6) is -0.307. The predicted octanol–water partition coefficient (Wildman–Crippen LogP) is 3.68. The van der Waals surface area contributed by atoms with Crippen LogP contribution >= 0.6 is 0 Å². The number of halogens is 3. The van der Waals surface area contributed by atoms with Crippen LogP contribution in [0.15, 0.2) is 18.2 Å². The van der Waals surface area contributed by atoms with Gasteiger partial charge in [0.25, 0.3) is 0 Å². The van der Waals surface area contributed by atoms with Gasteiger partial charge in [0.15, 0.2) is 0 Å². The Morgan fingerprint density at radius 2 is 2.00 bits per heavy atom. The molecule has 1 aromatic rings. The van der Waals surface area contributed by atoms with Gasteiger partial charge in [0, 0.05) is 13.1 Å². The quantitative estimate of drug-likeness (QED) is 0.899. The van der Waals surface area contributed by atoms with E-state index >= 15 is 0 Å². The molecule has 0 atom stereocenters. The normalized spacial score (nSPS) is 17.9. The number of anilines is 1. The fourth-order valence-electron chi connectivity index (χ4n) is 2.57. The third-order valence-corrected chi connectivity index (χ3v) is 3.80. The summed E-state index contributed by atoms with van der Waals surface area (Å²) in [5.41, 5.74) is 0.904. The molecule has 1 aliphatic rings. The molecule has 0 aromatic carbocycles. The molecule has 0 unspecified atom stereocenters. The maximum absolute atomic E-state index is 12.6. The van der Waals surface area contributed by atoms with Gasteiger partial charge in [-0.25, -0.2) is 4.98 Å². The van der Waals surface area contributed by atoms with Gasteiger partial charge in [0.1, 0.15) is 5.82 Å². The Morgan fingerprint density at radius 1 is 1.29 bits per heavy atom. The second-order valence-electron chi connectivity index (χ2n) is 5.53. The van der Waals surface area contributed by atoms with Crippen molar-refractivity contribution in [3.63, 3.8) is 0 Å². The summed E-state index contributed by atoms with van der Waals surface area (Å²) < 4.78 is 37.9. The van der Waals surface area contributed by atoms with E-state index in [0.29, 0.717) is 19.6 Å². The van der Waals surface area contributed by atoms with E-state index < -0.39 is 12.1 Å². The number of hydrogen-bond acceptors (Lipinski definition) is 3. The molecule has 0 amide bonds. The van der Waals surface area contributed by atoms with E-state index in [1.165, 1.54) is 0 Å². The molecule has 0 spiro atoms. The van der Waals surface area contributed by atoms with Gasteiger partial charge in [0.05, 0.1) is 11.6 Å². The maximum Gasteiger partial charge on any atom is 0.391 e. The lowest BCUT2D eigenvalue weighted by Gasteiger charge is -2.32. The van der Waals surface area contributed by atoms with Gasteiger partial charge in [0.2, 0.25) is 0 Å². The molecule has 118 valence electrons. The zero-order chi connectivity index (χ0) is 15.3. The monoisotopic (exact) mass is 301 g/mol. The van der Waals surface area contributed by atoms with Gasteiger partial charge in [-0.15, -0.1) is 0 Å². The van der Waals surface area contributed by atoms with Gasteiger partial charge in [-0.3, -0.25) is 4.90 Å². The standard InChI is InChI=1S/C15H22F3N3/c1-2-8-19-14-5-3-4-13(20-14)11-21-9-6-12(7-10-21)15(16,17)18/h3-5,12H,2,6-11H2,1H3,(H,19,20). The molecule has 1 aliphatic heterocycles. The van der Waals surface area contributed by atoms with Crippen molar-refractivity contribution in [2.24, 2.45) is 5.92 Å². The first kappa shape index (κ1) is 16.1. The minimum Gasteiger partial charge on any atom is -0.370 e. The molecule has 6 heteroatoms. The molecule has 1 saturated heterocycles. The van der Waals surface area contributed by atoms with E-state index in [0.717, 1.165) is 24.5 Å². The number of hydrogen-bond donors (Lipinski definition) is 1. The van der Waals surface area contributed by atoms with Crippen molar-refractivity contribution in [1.29, 1.82) is 0 Å². The zero-order valence-corrected chi connectivity index (χ0v) is 12.3. The molecule has 1 N–H and O–H groups in total. The number of likely N-dealkylation sites (tertiary alicyclic amines) is 1. The smallest absolute Gasteiger partial charge is 0.370 e. The average molecular weight is 301 g/mol. The summed E-state index contributed by atoms with van der Waals surface area (Å²) in [5, 5.41) is 3.22. The molecular weight excluding hydrogens is 279 g/mol. The number of alkyl halides is 3. The summed E-state index contributed by atoms with van der Waals surface area (Å²) in [7, 11) is 0. The lowest BCUT2D eigenvalue weighted by molar-refractivity contribution is -0.185. The van der Waals surface area contributed by atoms with Crippen LogP contribution in [0.2, 0.25) is 0 Å². The number of rotatable bonds is 5. The van der Waals surface area contributed by atoms with Gasteiger partial charge < -0.3 is 5.32 Å². The SMILES string of the molecule is CCCNc1cccc(CN2CCC(C(F)(F)F)CC2)n1. The Hall–Kier alpha value is -1.30. The fourth-order valence-corrected chi connectivity index (χ4v) is 2.57. The molecule has 0 aliphatic carbocycles. The summed E-state index contributed by atoms with van der Waals surface area (Å²) in [6.07, 6.45) is -2.64. The van der Waals surface area contributed by atoms with Crippen molar-refractivity contribution in [1.82, 2.24) is 9.88 Å².